The fourth-order valence-corrected chi connectivity index (χ4v) is 1.59. The van der Waals surface area contributed by atoms with Crippen LogP contribution in [0.15, 0.2) is 42.7 Å². The van der Waals surface area contributed by atoms with Gasteiger partial charge in [0.2, 0.25) is 0 Å². The molecule has 1 heterocycles. The molecule has 1 aromatic heterocycles. The van der Waals surface area contributed by atoms with E-state index in [1.54, 1.807) is 25.5 Å². The summed E-state index contributed by atoms with van der Waals surface area (Å²) in [6, 6.07) is 12.2. The molecule has 0 aliphatic rings. The van der Waals surface area contributed by atoms with Gasteiger partial charge in [-0.15, -0.1) is 24.3 Å². The Balaban J connectivity index is 0.00000180. The molecule has 0 saturated heterocycles. The molecule has 0 unspecified atom stereocenters. The van der Waals surface area contributed by atoms with Crippen LogP contribution in [0.5, 0.6) is 0 Å². The van der Waals surface area contributed by atoms with Crippen molar-refractivity contribution < 1.29 is 25.9 Å². The Hall–Kier alpha value is -1.67. The maximum Gasteiger partial charge on any atom is 0.166 e. The van der Waals surface area contributed by atoms with E-state index >= 15 is 0 Å². The molecule has 0 aliphatic heterocycles. The van der Waals surface area contributed by atoms with Crippen LogP contribution >= 0.6 is 0 Å². The van der Waals surface area contributed by atoms with Crippen LogP contribution in [0.25, 0.3) is 0 Å². The fraction of sp³-hybridized carbons (Fsp3) is 0.143. The molecule has 4 nitrogen and oxygen atoms in total. The summed E-state index contributed by atoms with van der Waals surface area (Å²) < 4.78 is 0. The third-order valence-corrected chi connectivity index (χ3v) is 2.54. The van der Waals surface area contributed by atoms with Gasteiger partial charge in [-0.2, -0.15) is 0 Å². The average Bonchev–Trinajstić information content (AvgIpc) is 2.45. The Kier molecular flexibility index (Phi) is 6.23. The number of aromatic nitrogens is 1. The van der Waals surface area contributed by atoms with E-state index < -0.39 is 0 Å². The van der Waals surface area contributed by atoms with Gasteiger partial charge in [-0.25, -0.2) is 0 Å². The molecule has 98 valence electrons. The zero-order valence-corrected chi connectivity index (χ0v) is 13.4. The van der Waals surface area contributed by atoms with Crippen LogP contribution in [0.3, 0.4) is 0 Å². The summed E-state index contributed by atoms with van der Waals surface area (Å²) in [6.07, 6.45) is 3.49. The molecule has 2 aromatic rings. The van der Waals surface area contributed by atoms with Crippen molar-refractivity contribution in [2.24, 2.45) is 0 Å². The van der Waals surface area contributed by atoms with Gasteiger partial charge in [0.1, 0.15) is 0 Å². The minimum atomic E-state index is -0.146. The number of rotatable bonds is 4. The molecule has 0 saturated carbocycles. The monoisotopic (exact) mass is 424 g/mol. The van der Waals surface area contributed by atoms with E-state index in [0.29, 0.717) is 12.1 Å². The third-order valence-electron chi connectivity index (χ3n) is 2.54. The molecule has 2 rings (SSSR count). The van der Waals surface area contributed by atoms with Crippen molar-refractivity contribution in [2.75, 3.05) is 12.4 Å². The number of nitrogens with one attached hydrogen (secondary N) is 2. The SMILES string of the molecule is CNC(=O)c1[c-]cccc1NCc1ccncc1.[W]. The Morgan fingerprint density at radius 1 is 1.32 bits per heavy atom. The van der Waals surface area contributed by atoms with Gasteiger partial charge in [0.25, 0.3) is 0 Å². The van der Waals surface area contributed by atoms with Crippen LogP contribution in [0.1, 0.15) is 15.9 Å². The molecule has 19 heavy (non-hydrogen) atoms. The maximum absolute atomic E-state index is 11.7. The van der Waals surface area contributed by atoms with Gasteiger partial charge in [0.15, 0.2) is 5.91 Å². The molecule has 0 fully saturated rings. The molecule has 0 radical (unpaired) electrons. The van der Waals surface area contributed by atoms with Gasteiger partial charge in [0, 0.05) is 40.0 Å². The second-order valence-corrected chi connectivity index (χ2v) is 3.75. The average molecular weight is 424 g/mol. The van der Waals surface area contributed by atoms with Crippen LogP contribution in [0.4, 0.5) is 5.69 Å². The molecule has 0 aliphatic carbocycles. The normalized spacial score (nSPS) is 9.32. The number of amides is 1. The van der Waals surface area contributed by atoms with Gasteiger partial charge >= 0.3 is 0 Å². The predicted molar refractivity (Wildman–Crippen MR) is 70.2 cm³/mol. The topological polar surface area (TPSA) is 54.0 Å². The minimum Gasteiger partial charge on any atom is -0.420 e. The fourth-order valence-electron chi connectivity index (χ4n) is 1.59. The van der Waals surface area contributed by atoms with Crippen molar-refractivity contribution in [1.29, 1.82) is 0 Å². The largest absolute Gasteiger partial charge is 0.420 e. The van der Waals surface area contributed by atoms with E-state index in [9.17, 15) is 4.79 Å². The van der Waals surface area contributed by atoms with Crippen molar-refractivity contribution >= 4 is 11.6 Å². The quantitative estimate of drug-likeness (QED) is 0.738. The van der Waals surface area contributed by atoms with Crippen molar-refractivity contribution in [3.63, 3.8) is 0 Å². The van der Waals surface area contributed by atoms with Crippen LogP contribution in [-0.4, -0.2) is 17.9 Å². The predicted octanol–water partition coefficient (Wildman–Crippen LogP) is 1.85. The Bertz CT molecular complexity index is 531. The molecular weight excluding hydrogens is 410 g/mol. The summed E-state index contributed by atoms with van der Waals surface area (Å²) in [5.74, 6) is -0.146. The second kappa shape index (κ2) is 7.70. The third kappa shape index (κ3) is 4.18. The molecule has 0 atom stereocenters. The van der Waals surface area contributed by atoms with E-state index in [1.807, 2.05) is 24.3 Å². The van der Waals surface area contributed by atoms with E-state index in [1.165, 1.54) is 0 Å². The number of benzene rings is 1. The molecule has 1 aromatic carbocycles. The minimum absolute atomic E-state index is 0. The summed E-state index contributed by atoms with van der Waals surface area (Å²) in [7, 11) is 1.61. The van der Waals surface area contributed by atoms with Crippen LogP contribution in [0.2, 0.25) is 0 Å². The molecule has 1 amide bonds. The summed E-state index contributed by atoms with van der Waals surface area (Å²) in [5.41, 5.74) is 2.40. The number of nitrogens with zero attached hydrogens (tertiary/aromatic N) is 1. The van der Waals surface area contributed by atoms with E-state index in [-0.39, 0.29) is 27.0 Å². The van der Waals surface area contributed by atoms with Crippen LogP contribution in [0, 0.1) is 6.07 Å². The van der Waals surface area contributed by atoms with E-state index in [2.05, 4.69) is 21.7 Å². The first-order valence-electron chi connectivity index (χ1n) is 5.67. The number of carbonyl (C=O) groups excluding carboxylic acids is 1. The maximum atomic E-state index is 11.7. The van der Waals surface area contributed by atoms with Gasteiger partial charge in [-0.1, -0.05) is 5.56 Å². The van der Waals surface area contributed by atoms with Gasteiger partial charge in [-0.05, 0) is 30.4 Å². The van der Waals surface area contributed by atoms with Crippen molar-refractivity contribution in [2.45, 2.75) is 6.54 Å². The first kappa shape index (κ1) is 15.4. The molecule has 0 spiro atoms. The zero-order valence-electron chi connectivity index (χ0n) is 10.5. The first-order chi connectivity index (χ1) is 8.81. The standard InChI is InChI=1S/C14H14N3O.W/c1-15-14(18)12-4-2-3-5-13(12)17-10-11-6-8-16-9-7-11;/h2-3,5-9,17H,10H2,1H3,(H,15,18);/q-1;. The van der Waals surface area contributed by atoms with Crippen molar-refractivity contribution in [3.8, 4) is 0 Å². The first-order valence-corrected chi connectivity index (χ1v) is 5.67. The zero-order chi connectivity index (χ0) is 12.8. The number of anilines is 1. The summed E-state index contributed by atoms with van der Waals surface area (Å²) in [6.45, 7) is 0.643. The van der Waals surface area contributed by atoms with Gasteiger partial charge in [0.05, 0.1) is 0 Å². The number of hydrogen-bond donors (Lipinski definition) is 2. The van der Waals surface area contributed by atoms with E-state index in [0.717, 1.165) is 11.3 Å². The number of carbonyl (C=O) groups is 1. The molecule has 5 heteroatoms. The summed E-state index contributed by atoms with van der Waals surface area (Å²) in [5, 5.41) is 5.82. The number of pyridine rings is 1. The Labute approximate surface area is 126 Å². The number of hydrogen-bond acceptors (Lipinski definition) is 3. The van der Waals surface area contributed by atoms with Crippen molar-refractivity contribution in [1.82, 2.24) is 10.3 Å². The molecule has 2 N–H and O–H groups in total. The Morgan fingerprint density at radius 2 is 2.05 bits per heavy atom. The molecule has 0 bridgehead atoms. The van der Waals surface area contributed by atoms with Gasteiger partial charge < -0.3 is 15.4 Å². The smallest absolute Gasteiger partial charge is 0.166 e. The summed E-state index contributed by atoms with van der Waals surface area (Å²) in [4.78, 5) is 15.6. The van der Waals surface area contributed by atoms with Crippen LogP contribution < -0.4 is 10.6 Å². The van der Waals surface area contributed by atoms with Gasteiger partial charge in [-0.3, -0.25) is 4.98 Å². The van der Waals surface area contributed by atoms with E-state index in [4.69, 9.17) is 0 Å². The second-order valence-electron chi connectivity index (χ2n) is 3.75. The van der Waals surface area contributed by atoms with Crippen LogP contribution in [-0.2, 0) is 27.6 Å². The van der Waals surface area contributed by atoms with Crippen molar-refractivity contribution in [3.05, 3.63) is 59.9 Å². The Morgan fingerprint density at radius 3 is 2.74 bits per heavy atom. The summed E-state index contributed by atoms with van der Waals surface area (Å²) >= 11 is 0. The molecular formula is C14H14N3OW-.